The first-order valence-electron chi connectivity index (χ1n) is 5.17. The Kier molecular flexibility index (Phi) is 3.66. The number of aromatic carboxylic acids is 1. The van der Waals surface area contributed by atoms with Crippen LogP contribution in [0.3, 0.4) is 0 Å². The van der Waals surface area contributed by atoms with Crippen molar-refractivity contribution in [2.75, 3.05) is 5.73 Å². The molecule has 0 aliphatic heterocycles. The van der Waals surface area contributed by atoms with Crippen molar-refractivity contribution in [2.24, 2.45) is 0 Å². The van der Waals surface area contributed by atoms with Crippen LogP contribution in [0.15, 0.2) is 12.3 Å². The van der Waals surface area contributed by atoms with E-state index in [1.54, 1.807) is 12.3 Å². The molecule has 1 aliphatic carbocycles. The van der Waals surface area contributed by atoms with Crippen LogP contribution in [-0.4, -0.2) is 16.1 Å². The summed E-state index contributed by atoms with van der Waals surface area (Å²) in [6.07, 6.45) is 3.93. The maximum atomic E-state index is 10.7. The first-order chi connectivity index (χ1) is 7.18. The van der Waals surface area contributed by atoms with E-state index in [0.717, 1.165) is 18.4 Å². The lowest BCUT2D eigenvalue weighted by molar-refractivity contribution is 0.0697. The van der Waals surface area contributed by atoms with Gasteiger partial charge in [0.1, 0.15) is 11.4 Å². The van der Waals surface area contributed by atoms with Crippen molar-refractivity contribution in [1.82, 2.24) is 4.98 Å². The van der Waals surface area contributed by atoms with Crippen LogP contribution in [0.25, 0.3) is 0 Å². The molecule has 0 bridgehead atoms. The number of pyridine rings is 1. The summed E-state index contributed by atoms with van der Waals surface area (Å²) in [5.74, 6) is -0.407. The van der Waals surface area contributed by atoms with Crippen LogP contribution in [0.4, 0.5) is 5.82 Å². The number of nitrogen functional groups attached to an aromatic ring is 1. The highest BCUT2D eigenvalue weighted by molar-refractivity contribution is 5.92. The summed E-state index contributed by atoms with van der Waals surface area (Å²) in [5.41, 5.74) is 6.53. The molecule has 2 rings (SSSR count). The zero-order chi connectivity index (χ0) is 11.4. The summed E-state index contributed by atoms with van der Waals surface area (Å²) < 4.78 is 0. The summed E-state index contributed by atoms with van der Waals surface area (Å²) in [6.45, 7) is 4.00. The molecule has 0 spiro atoms. The molecule has 0 saturated heterocycles. The molecular weight excluding hydrogens is 192 g/mol. The van der Waals surface area contributed by atoms with Crippen LogP contribution < -0.4 is 5.73 Å². The Morgan fingerprint density at radius 2 is 2.13 bits per heavy atom. The van der Waals surface area contributed by atoms with E-state index < -0.39 is 5.97 Å². The topological polar surface area (TPSA) is 76.2 Å². The van der Waals surface area contributed by atoms with E-state index in [9.17, 15) is 4.79 Å². The lowest BCUT2D eigenvalue weighted by Gasteiger charge is -2.02. The van der Waals surface area contributed by atoms with Crippen molar-refractivity contribution in [1.29, 1.82) is 0 Å². The molecule has 1 heterocycles. The van der Waals surface area contributed by atoms with Crippen molar-refractivity contribution in [3.63, 3.8) is 0 Å². The molecule has 4 heteroatoms. The maximum absolute atomic E-state index is 10.7. The Morgan fingerprint density at radius 3 is 2.60 bits per heavy atom. The average Bonchev–Trinajstić information content (AvgIpc) is 3.05. The number of carboxylic acid groups (broad SMARTS) is 1. The summed E-state index contributed by atoms with van der Waals surface area (Å²) in [4.78, 5) is 14.6. The van der Waals surface area contributed by atoms with E-state index in [2.05, 4.69) is 4.98 Å². The van der Waals surface area contributed by atoms with E-state index in [0.29, 0.717) is 5.92 Å². The van der Waals surface area contributed by atoms with Gasteiger partial charge in [0.2, 0.25) is 0 Å². The summed E-state index contributed by atoms with van der Waals surface area (Å²) in [7, 11) is 0. The molecule has 3 N–H and O–H groups in total. The fraction of sp³-hybridized carbons (Fsp3) is 0.455. The van der Waals surface area contributed by atoms with Gasteiger partial charge in [-0.05, 0) is 30.4 Å². The molecule has 1 aliphatic rings. The highest BCUT2D eigenvalue weighted by Gasteiger charge is 2.25. The van der Waals surface area contributed by atoms with Crippen LogP contribution in [0.2, 0.25) is 0 Å². The Bertz CT molecular complexity index is 360. The highest BCUT2D eigenvalue weighted by Crippen LogP contribution is 2.40. The third-order valence-electron chi connectivity index (χ3n) is 2.22. The largest absolute Gasteiger partial charge is 0.478 e. The third-order valence-corrected chi connectivity index (χ3v) is 2.22. The SMILES string of the molecule is CC.Nc1ncc(C2CC2)cc1C(=O)O. The second kappa shape index (κ2) is 4.77. The Hall–Kier alpha value is -1.58. The first-order valence-corrected chi connectivity index (χ1v) is 5.17. The molecule has 0 amide bonds. The Morgan fingerprint density at radius 1 is 1.53 bits per heavy atom. The number of rotatable bonds is 2. The van der Waals surface area contributed by atoms with Gasteiger partial charge in [0.25, 0.3) is 0 Å². The number of carboxylic acids is 1. The van der Waals surface area contributed by atoms with Crippen LogP contribution in [0.5, 0.6) is 0 Å². The first kappa shape index (κ1) is 11.5. The molecule has 82 valence electrons. The number of nitrogens with two attached hydrogens (primary N) is 1. The molecule has 1 aromatic rings. The predicted molar refractivity (Wildman–Crippen MR) is 58.9 cm³/mol. The predicted octanol–water partition coefficient (Wildman–Crippen LogP) is 2.27. The molecule has 1 saturated carbocycles. The van der Waals surface area contributed by atoms with Crippen LogP contribution in [-0.2, 0) is 0 Å². The lowest BCUT2D eigenvalue weighted by Crippen LogP contribution is -2.05. The van der Waals surface area contributed by atoms with E-state index >= 15 is 0 Å². The Labute approximate surface area is 89.1 Å². The second-order valence-electron chi connectivity index (χ2n) is 3.28. The van der Waals surface area contributed by atoms with Gasteiger partial charge in [0.15, 0.2) is 0 Å². The quantitative estimate of drug-likeness (QED) is 0.781. The second-order valence-corrected chi connectivity index (χ2v) is 3.28. The van der Waals surface area contributed by atoms with Crippen molar-refractivity contribution in [3.8, 4) is 0 Å². The smallest absolute Gasteiger partial charge is 0.339 e. The fourth-order valence-electron chi connectivity index (χ4n) is 1.30. The molecule has 4 nitrogen and oxygen atoms in total. The van der Waals surface area contributed by atoms with E-state index in [1.165, 1.54) is 0 Å². The maximum Gasteiger partial charge on any atom is 0.339 e. The van der Waals surface area contributed by atoms with Gasteiger partial charge < -0.3 is 10.8 Å². The minimum absolute atomic E-state index is 0.0944. The molecule has 1 fully saturated rings. The van der Waals surface area contributed by atoms with Gasteiger partial charge in [-0.2, -0.15) is 0 Å². The number of hydrogen-bond donors (Lipinski definition) is 2. The average molecular weight is 208 g/mol. The highest BCUT2D eigenvalue weighted by atomic mass is 16.4. The minimum Gasteiger partial charge on any atom is -0.478 e. The van der Waals surface area contributed by atoms with E-state index in [-0.39, 0.29) is 11.4 Å². The summed E-state index contributed by atoms with van der Waals surface area (Å²) >= 11 is 0. The van der Waals surface area contributed by atoms with Gasteiger partial charge in [-0.15, -0.1) is 0 Å². The van der Waals surface area contributed by atoms with Crippen LogP contribution in [0, 0.1) is 0 Å². The van der Waals surface area contributed by atoms with Gasteiger partial charge in [0.05, 0.1) is 0 Å². The molecule has 0 radical (unpaired) electrons. The number of hydrogen-bond acceptors (Lipinski definition) is 3. The van der Waals surface area contributed by atoms with Crippen molar-refractivity contribution in [3.05, 3.63) is 23.4 Å². The monoisotopic (exact) mass is 208 g/mol. The molecule has 15 heavy (non-hydrogen) atoms. The van der Waals surface area contributed by atoms with Gasteiger partial charge in [-0.3, -0.25) is 0 Å². The van der Waals surface area contributed by atoms with Crippen LogP contribution >= 0.6 is 0 Å². The van der Waals surface area contributed by atoms with Crippen molar-refractivity contribution < 1.29 is 9.90 Å². The standard InChI is InChI=1S/C9H10N2O2.C2H6/c10-8-7(9(12)13)3-6(4-11-8)5-1-2-5;1-2/h3-5H,1-2H2,(H2,10,11)(H,12,13);1-2H3. The van der Waals surface area contributed by atoms with Gasteiger partial charge >= 0.3 is 5.97 Å². The summed E-state index contributed by atoms with van der Waals surface area (Å²) in [5, 5.41) is 8.77. The molecular formula is C11H16N2O2. The van der Waals surface area contributed by atoms with Crippen molar-refractivity contribution in [2.45, 2.75) is 32.6 Å². The normalized spacial score (nSPS) is 14.0. The molecule has 0 atom stereocenters. The molecule has 1 aromatic heterocycles. The molecule has 0 aromatic carbocycles. The van der Waals surface area contributed by atoms with Gasteiger partial charge in [-0.1, -0.05) is 13.8 Å². The van der Waals surface area contributed by atoms with Gasteiger partial charge in [-0.25, -0.2) is 9.78 Å². The van der Waals surface area contributed by atoms with Crippen molar-refractivity contribution >= 4 is 11.8 Å². The fourth-order valence-corrected chi connectivity index (χ4v) is 1.30. The van der Waals surface area contributed by atoms with E-state index in [1.807, 2.05) is 13.8 Å². The zero-order valence-corrected chi connectivity index (χ0v) is 9.03. The lowest BCUT2D eigenvalue weighted by atomic mass is 10.1. The Balaban J connectivity index is 0.000000531. The third kappa shape index (κ3) is 2.68. The summed E-state index contributed by atoms with van der Waals surface area (Å²) in [6, 6.07) is 1.63. The van der Waals surface area contributed by atoms with Crippen LogP contribution in [0.1, 0.15) is 48.5 Å². The zero-order valence-electron chi connectivity index (χ0n) is 9.03. The minimum atomic E-state index is -1.01. The number of carbonyl (C=O) groups is 1. The number of nitrogens with zero attached hydrogens (tertiary/aromatic N) is 1. The molecule has 0 unspecified atom stereocenters. The number of anilines is 1. The van der Waals surface area contributed by atoms with E-state index in [4.69, 9.17) is 10.8 Å². The van der Waals surface area contributed by atoms with Gasteiger partial charge in [0, 0.05) is 6.20 Å². The number of aromatic nitrogens is 1.